The molecule has 1 rings (SSSR count). The first-order valence-electron chi connectivity index (χ1n) is 5.83. The van der Waals surface area contributed by atoms with E-state index in [0.717, 1.165) is 0 Å². The molecule has 0 heterocycles. The average molecular weight is 251 g/mol. The third-order valence-electron chi connectivity index (χ3n) is 2.74. The highest BCUT2D eigenvalue weighted by molar-refractivity contribution is 5.77. The summed E-state index contributed by atoms with van der Waals surface area (Å²) in [6, 6.07) is 7.20. The summed E-state index contributed by atoms with van der Waals surface area (Å²) in [7, 11) is 5.22. The second-order valence-electron chi connectivity index (χ2n) is 4.63. The predicted molar refractivity (Wildman–Crippen MR) is 72.0 cm³/mol. The van der Waals surface area contributed by atoms with E-state index >= 15 is 0 Å². The number of benzene rings is 1. The summed E-state index contributed by atoms with van der Waals surface area (Å²) < 4.78 is 0. The summed E-state index contributed by atoms with van der Waals surface area (Å²) in [5, 5.41) is 10.1. The first-order valence-corrected chi connectivity index (χ1v) is 5.83. The average Bonchev–Trinajstić information content (AvgIpc) is 2.28. The van der Waals surface area contributed by atoms with Crippen LogP contribution in [0.1, 0.15) is 11.7 Å². The molecule has 1 amide bonds. The van der Waals surface area contributed by atoms with Crippen LogP contribution in [-0.2, 0) is 4.79 Å². The summed E-state index contributed by atoms with van der Waals surface area (Å²) in [6.07, 6.45) is -0.689. The van der Waals surface area contributed by atoms with Crippen molar-refractivity contribution in [1.29, 1.82) is 0 Å². The number of para-hydroxylation sites is 1. The summed E-state index contributed by atoms with van der Waals surface area (Å²) in [6.45, 7) is 0.643. The standard InChI is InChI=1S/C13H21N3O2/c1-15(2)13(18)9-16(3)8-12(17)10-6-4-5-7-11(10)14/h4-7,12,17H,8-9,14H2,1-3H3. The van der Waals surface area contributed by atoms with Crippen LogP contribution in [0.2, 0.25) is 0 Å². The van der Waals surface area contributed by atoms with Crippen LogP contribution in [0.25, 0.3) is 0 Å². The smallest absolute Gasteiger partial charge is 0.236 e. The molecule has 0 spiro atoms. The first kappa shape index (κ1) is 14.5. The minimum absolute atomic E-state index is 0.00531. The van der Waals surface area contributed by atoms with Crippen LogP contribution < -0.4 is 5.73 Å². The monoisotopic (exact) mass is 251 g/mol. The van der Waals surface area contributed by atoms with E-state index in [4.69, 9.17) is 5.73 Å². The molecule has 0 saturated carbocycles. The van der Waals surface area contributed by atoms with Gasteiger partial charge in [0.2, 0.25) is 5.91 Å². The Morgan fingerprint density at radius 3 is 2.50 bits per heavy atom. The summed E-state index contributed by atoms with van der Waals surface area (Å²) in [5.74, 6) is 0.00531. The van der Waals surface area contributed by atoms with Crippen molar-refractivity contribution < 1.29 is 9.90 Å². The molecule has 0 bridgehead atoms. The molecule has 3 N–H and O–H groups in total. The molecule has 5 nitrogen and oxygen atoms in total. The van der Waals surface area contributed by atoms with Crippen LogP contribution >= 0.6 is 0 Å². The normalized spacial score (nSPS) is 12.5. The Labute approximate surface area is 108 Å². The van der Waals surface area contributed by atoms with E-state index in [9.17, 15) is 9.90 Å². The van der Waals surface area contributed by atoms with Crippen molar-refractivity contribution in [2.24, 2.45) is 0 Å². The number of nitrogens with zero attached hydrogens (tertiary/aromatic N) is 2. The second kappa shape index (κ2) is 6.37. The fraction of sp³-hybridized carbons (Fsp3) is 0.462. The van der Waals surface area contributed by atoms with Crippen LogP contribution in [0.15, 0.2) is 24.3 Å². The molecule has 100 valence electrons. The maximum Gasteiger partial charge on any atom is 0.236 e. The number of hydrogen-bond acceptors (Lipinski definition) is 4. The van der Waals surface area contributed by atoms with Crippen molar-refractivity contribution in [2.75, 3.05) is 40.0 Å². The number of carbonyl (C=O) groups excluding carboxylic acids is 1. The third-order valence-corrected chi connectivity index (χ3v) is 2.74. The number of nitrogens with two attached hydrogens (primary N) is 1. The Morgan fingerprint density at radius 2 is 1.94 bits per heavy atom. The van der Waals surface area contributed by atoms with Gasteiger partial charge in [-0.3, -0.25) is 9.69 Å². The largest absolute Gasteiger partial charge is 0.398 e. The molecule has 5 heteroatoms. The third kappa shape index (κ3) is 4.01. The fourth-order valence-corrected chi connectivity index (χ4v) is 1.64. The van der Waals surface area contributed by atoms with Crippen molar-refractivity contribution in [3.63, 3.8) is 0 Å². The molecule has 0 saturated heterocycles. The number of aliphatic hydroxyl groups excluding tert-OH is 1. The van der Waals surface area contributed by atoms with E-state index in [1.54, 1.807) is 38.2 Å². The van der Waals surface area contributed by atoms with Crippen molar-refractivity contribution in [3.8, 4) is 0 Å². The molecule has 18 heavy (non-hydrogen) atoms. The van der Waals surface area contributed by atoms with E-state index < -0.39 is 6.10 Å². The zero-order valence-corrected chi connectivity index (χ0v) is 11.1. The zero-order chi connectivity index (χ0) is 13.7. The molecule has 0 fully saturated rings. The second-order valence-corrected chi connectivity index (χ2v) is 4.63. The maximum absolute atomic E-state index is 11.5. The lowest BCUT2D eigenvalue weighted by atomic mass is 10.1. The zero-order valence-electron chi connectivity index (χ0n) is 11.1. The molecular formula is C13H21N3O2. The Hall–Kier alpha value is -1.59. The molecule has 0 radical (unpaired) electrons. The van der Waals surface area contributed by atoms with E-state index in [-0.39, 0.29) is 12.5 Å². The summed E-state index contributed by atoms with van der Waals surface area (Å²) >= 11 is 0. The minimum atomic E-state index is -0.689. The van der Waals surface area contributed by atoms with Gasteiger partial charge in [0.05, 0.1) is 12.6 Å². The first-order chi connectivity index (χ1) is 8.41. The van der Waals surface area contributed by atoms with Crippen LogP contribution in [0.3, 0.4) is 0 Å². The van der Waals surface area contributed by atoms with Crippen molar-refractivity contribution in [2.45, 2.75) is 6.10 Å². The number of likely N-dealkylation sites (N-methyl/N-ethyl adjacent to an activating group) is 2. The molecule has 1 aromatic rings. The molecule has 0 aliphatic carbocycles. The number of rotatable bonds is 5. The van der Waals surface area contributed by atoms with Gasteiger partial charge < -0.3 is 15.7 Å². The topological polar surface area (TPSA) is 69.8 Å². The highest BCUT2D eigenvalue weighted by Crippen LogP contribution is 2.20. The number of carbonyl (C=O) groups is 1. The maximum atomic E-state index is 11.5. The highest BCUT2D eigenvalue weighted by Gasteiger charge is 2.15. The Kier molecular flexibility index (Phi) is 5.12. The number of aliphatic hydroxyl groups is 1. The molecule has 0 aliphatic heterocycles. The van der Waals surface area contributed by atoms with Crippen LogP contribution in [0.5, 0.6) is 0 Å². The lowest BCUT2D eigenvalue weighted by molar-refractivity contribution is -0.129. The van der Waals surface area contributed by atoms with Gasteiger partial charge in [0.15, 0.2) is 0 Å². The van der Waals surface area contributed by atoms with E-state index in [1.807, 2.05) is 12.1 Å². The van der Waals surface area contributed by atoms with Gasteiger partial charge in [-0.25, -0.2) is 0 Å². The van der Waals surface area contributed by atoms with Crippen molar-refractivity contribution >= 4 is 11.6 Å². The van der Waals surface area contributed by atoms with Crippen LogP contribution in [0, 0.1) is 0 Å². The van der Waals surface area contributed by atoms with Crippen LogP contribution in [0.4, 0.5) is 5.69 Å². The van der Waals surface area contributed by atoms with Gasteiger partial charge in [-0.15, -0.1) is 0 Å². The Bertz CT molecular complexity index is 407. The molecule has 1 atom stereocenters. The SMILES string of the molecule is CN(CC(=O)N(C)C)CC(O)c1ccccc1N. The van der Waals surface area contributed by atoms with Gasteiger partial charge in [0, 0.05) is 31.9 Å². The van der Waals surface area contributed by atoms with Gasteiger partial charge >= 0.3 is 0 Å². The molecule has 1 unspecified atom stereocenters. The Balaban J connectivity index is 2.57. The molecule has 1 aromatic carbocycles. The van der Waals surface area contributed by atoms with Crippen molar-refractivity contribution in [1.82, 2.24) is 9.80 Å². The lowest BCUT2D eigenvalue weighted by Gasteiger charge is -2.22. The molecule has 0 aromatic heterocycles. The van der Waals surface area contributed by atoms with Crippen molar-refractivity contribution in [3.05, 3.63) is 29.8 Å². The number of anilines is 1. The number of nitrogen functional groups attached to an aromatic ring is 1. The molecular weight excluding hydrogens is 230 g/mol. The summed E-state index contributed by atoms with van der Waals surface area (Å²) in [4.78, 5) is 14.8. The number of hydrogen-bond donors (Lipinski definition) is 2. The number of amides is 1. The quantitative estimate of drug-likeness (QED) is 0.740. The van der Waals surface area contributed by atoms with Gasteiger partial charge in [0.1, 0.15) is 0 Å². The lowest BCUT2D eigenvalue weighted by Crippen LogP contribution is -2.36. The van der Waals surface area contributed by atoms with Gasteiger partial charge in [-0.05, 0) is 13.1 Å². The van der Waals surface area contributed by atoms with Crippen LogP contribution in [-0.4, -0.2) is 55.0 Å². The minimum Gasteiger partial charge on any atom is -0.398 e. The van der Waals surface area contributed by atoms with Gasteiger partial charge in [0.25, 0.3) is 0 Å². The van der Waals surface area contributed by atoms with E-state index in [2.05, 4.69) is 0 Å². The van der Waals surface area contributed by atoms with Gasteiger partial charge in [-0.1, -0.05) is 18.2 Å². The molecule has 0 aliphatic rings. The summed E-state index contributed by atoms with van der Waals surface area (Å²) in [5.41, 5.74) is 7.06. The fourth-order valence-electron chi connectivity index (χ4n) is 1.64. The van der Waals surface area contributed by atoms with Gasteiger partial charge in [-0.2, -0.15) is 0 Å². The highest BCUT2D eigenvalue weighted by atomic mass is 16.3. The van der Waals surface area contributed by atoms with E-state index in [1.165, 1.54) is 4.90 Å². The Morgan fingerprint density at radius 1 is 1.33 bits per heavy atom. The predicted octanol–water partition coefficient (Wildman–Crippen LogP) is 0.322. The van der Waals surface area contributed by atoms with E-state index in [0.29, 0.717) is 17.8 Å².